The molecule has 0 bridgehead atoms. The van der Waals surface area contributed by atoms with E-state index in [0.717, 1.165) is 0 Å². The molecule has 0 radical (unpaired) electrons. The van der Waals surface area contributed by atoms with Gasteiger partial charge in [-0.25, -0.2) is 0 Å². The van der Waals surface area contributed by atoms with E-state index >= 15 is 0 Å². The van der Waals surface area contributed by atoms with Crippen LogP contribution in [0.3, 0.4) is 0 Å². The van der Waals surface area contributed by atoms with E-state index in [9.17, 15) is 24.5 Å². The van der Waals surface area contributed by atoms with Crippen LogP contribution in [0.5, 0.6) is 0 Å². The number of rotatable bonds is 9. The SMILES string of the molecule is COC(=O)CCC(CCC(=O)OC)(C(=O)OC)c1ccc([N+](=O)[O-])cc1. The summed E-state index contributed by atoms with van der Waals surface area (Å²) in [5.74, 6) is -1.71. The molecule has 0 aliphatic heterocycles. The maximum Gasteiger partial charge on any atom is 0.316 e. The highest BCUT2D eigenvalue weighted by Crippen LogP contribution is 2.37. The average Bonchev–Trinajstić information content (AvgIpc) is 2.67. The predicted octanol–water partition coefficient (Wildman–Crippen LogP) is 1.91. The smallest absolute Gasteiger partial charge is 0.316 e. The van der Waals surface area contributed by atoms with Crippen molar-refractivity contribution in [2.75, 3.05) is 21.3 Å². The first kappa shape index (κ1) is 21.1. The zero-order chi connectivity index (χ0) is 19.7. The minimum atomic E-state index is -1.34. The molecular weight excluding hydrogens is 346 g/mol. The Morgan fingerprint density at radius 3 is 1.73 bits per heavy atom. The van der Waals surface area contributed by atoms with Crippen LogP contribution < -0.4 is 0 Å². The molecule has 142 valence electrons. The van der Waals surface area contributed by atoms with Crippen LogP contribution in [0.4, 0.5) is 5.69 Å². The highest BCUT2D eigenvalue weighted by Gasteiger charge is 2.42. The Morgan fingerprint density at radius 2 is 1.38 bits per heavy atom. The van der Waals surface area contributed by atoms with E-state index in [0.29, 0.717) is 5.56 Å². The average molecular weight is 367 g/mol. The van der Waals surface area contributed by atoms with E-state index in [2.05, 4.69) is 9.47 Å². The number of carbonyl (C=O) groups excluding carboxylic acids is 3. The van der Waals surface area contributed by atoms with Gasteiger partial charge in [0.1, 0.15) is 0 Å². The van der Waals surface area contributed by atoms with Crippen LogP contribution in [0.1, 0.15) is 31.2 Å². The van der Waals surface area contributed by atoms with Gasteiger partial charge in [-0.05, 0) is 18.4 Å². The Balaban J connectivity index is 3.33. The summed E-state index contributed by atoms with van der Waals surface area (Å²) >= 11 is 0. The van der Waals surface area contributed by atoms with Gasteiger partial charge in [0.05, 0.1) is 31.7 Å². The number of nitro benzene ring substituents is 1. The van der Waals surface area contributed by atoms with Gasteiger partial charge < -0.3 is 14.2 Å². The number of nitrogens with zero attached hydrogens (tertiary/aromatic N) is 1. The van der Waals surface area contributed by atoms with E-state index in [1.807, 2.05) is 0 Å². The van der Waals surface area contributed by atoms with Gasteiger partial charge in [-0.1, -0.05) is 12.1 Å². The lowest BCUT2D eigenvalue weighted by Gasteiger charge is -2.31. The fourth-order valence-corrected chi connectivity index (χ4v) is 2.67. The minimum absolute atomic E-state index is 0.0150. The molecule has 0 fully saturated rings. The number of hydrogen-bond acceptors (Lipinski definition) is 8. The quantitative estimate of drug-likeness (QED) is 0.281. The third-order valence-electron chi connectivity index (χ3n) is 4.17. The van der Waals surface area contributed by atoms with E-state index in [4.69, 9.17) is 4.74 Å². The lowest BCUT2D eigenvalue weighted by molar-refractivity contribution is -0.384. The first-order chi connectivity index (χ1) is 12.3. The number of ether oxygens (including phenoxy) is 3. The number of methoxy groups -OCH3 is 3. The lowest BCUT2D eigenvalue weighted by atomic mass is 9.73. The summed E-state index contributed by atoms with van der Waals surface area (Å²) in [5, 5.41) is 10.9. The van der Waals surface area contributed by atoms with Gasteiger partial charge in [0, 0.05) is 25.0 Å². The normalized spacial score (nSPS) is 10.7. The molecule has 26 heavy (non-hydrogen) atoms. The molecule has 9 nitrogen and oxygen atoms in total. The number of nitro groups is 1. The third-order valence-corrected chi connectivity index (χ3v) is 4.17. The van der Waals surface area contributed by atoms with Gasteiger partial charge in [-0.15, -0.1) is 0 Å². The van der Waals surface area contributed by atoms with Crippen molar-refractivity contribution in [3.05, 3.63) is 39.9 Å². The van der Waals surface area contributed by atoms with Gasteiger partial charge in [0.25, 0.3) is 5.69 Å². The fraction of sp³-hybridized carbons (Fsp3) is 0.471. The summed E-state index contributed by atoms with van der Waals surface area (Å²) in [7, 11) is 3.64. The number of benzene rings is 1. The van der Waals surface area contributed by atoms with Gasteiger partial charge in [0.2, 0.25) is 0 Å². The van der Waals surface area contributed by atoms with Crippen LogP contribution in [-0.2, 0) is 34.0 Å². The Kier molecular flexibility index (Phi) is 7.70. The molecule has 0 aliphatic carbocycles. The van der Waals surface area contributed by atoms with E-state index in [1.165, 1.54) is 45.6 Å². The second-order valence-electron chi connectivity index (χ2n) is 5.53. The number of hydrogen-bond donors (Lipinski definition) is 0. The van der Waals surface area contributed by atoms with E-state index in [-0.39, 0.29) is 31.4 Å². The number of non-ortho nitro benzene ring substituents is 1. The molecule has 0 atom stereocenters. The fourth-order valence-electron chi connectivity index (χ4n) is 2.67. The maximum absolute atomic E-state index is 12.6. The summed E-state index contributed by atoms with van der Waals surface area (Å²) in [5.41, 5.74) is -1.08. The number of esters is 3. The van der Waals surface area contributed by atoms with Gasteiger partial charge in [0.15, 0.2) is 0 Å². The molecule has 0 heterocycles. The summed E-state index contributed by atoms with van der Waals surface area (Å²) < 4.78 is 14.1. The van der Waals surface area contributed by atoms with Crippen molar-refractivity contribution in [2.45, 2.75) is 31.1 Å². The van der Waals surface area contributed by atoms with Crippen molar-refractivity contribution in [1.29, 1.82) is 0 Å². The molecule has 0 saturated heterocycles. The molecule has 0 N–H and O–H groups in total. The molecule has 1 aromatic carbocycles. The number of carbonyl (C=O) groups is 3. The van der Waals surface area contributed by atoms with Crippen LogP contribution in [0.15, 0.2) is 24.3 Å². The molecule has 0 unspecified atom stereocenters. The molecule has 0 saturated carbocycles. The Morgan fingerprint density at radius 1 is 0.923 bits per heavy atom. The van der Waals surface area contributed by atoms with Crippen LogP contribution in [0.2, 0.25) is 0 Å². The molecule has 0 aliphatic rings. The molecule has 1 rings (SSSR count). The van der Waals surface area contributed by atoms with Crippen LogP contribution in [0, 0.1) is 10.1 Å². The highest BCUT2D eigenvalue weighted by atomic mass is 16.6. The minimum Gasteiger partial charge on any atom is -0.469 e. The summed E-state index contributed by atoms with van der Waals surface area (Å²) in [4.78, 5) is 46.0. The van der Waals surface area contributed by atoms with E-state index < -0.39 is 28.2 Å². The first-order valence-electron chi connectivity index (χ1n) is 7.77. The predicted molar refractivity (Wildman–Crippen MR) is 89.3 cm³/mol. The summed E-state index contributed by atoms with van der Waals surface area (Å²) in [6, 6.07) is 5.35. The molecule has 0 amide bonds. The van der Waals surface area contributed by atoms with Gasteiger partial charge >= 0.3 is 17.9 Å². The first-order valence-corrected chi connectivity index (χ1v) is 7.77. The standard InChI is InChI=1S/C17H21NO8/c1-24-14(19)8-10-17(16(21)26-3,11-9-15(20)25-2)12-4-6-13(7-5-12)18(22)23/h4-7H,8-11H2,1-3H3. The molecule has 0 spiro atoms. The second-order valence-corrected chi connectivity index (χ2v) is 5.53. The largest absolute Gasteiger partial charge is 0.469 e. The zero-order valence-electron chi connectivity index (χ0n) is 14.9. The van der Waals surface area contributed by atoms with Crippen LogP contribution >= 0.6 is 0 Å². The Bertz CT molecular complexity index is 648. The highest BCUT2D eigenvalue weighted by molar-refractivity contribution is 5.85. The van der Waals surface area contributed by atoms with Crippen molar-refractivity contribution >= 4 is 23.6 Å². The van der Waals surface area contributed by atoms with Crippen molar-refractivity contribution < 1.29 is 33.5 Å². The van der Waals surface area contributed by atoms with Crippen LogP contribution in [-0.4, -0.2) is 44.2 Å². The molecular formula is C17H21NO8. The van der Waals surface area contributed by atoms with Crippen LogP contribution in [0.25, 0.3) is 0 Å². The monoisotopic (exact) mass is 367 g/mol. The second kappa shape index (κ2) is 9.50. The van der Waals surface area contributed by atoms with Gasteiger partial charge in [-0.2, -0.15) is 0 Å². The molecule has 1 aromatic rings. The third kappa shape index (κ3) is 5.01. The Labute approximate surface area is 150 Å². The maximum atomic E-state index is 12.6. The lowest BCUT2D eigenvalue weighted by Crippen LogP contribution is -2.38. The summed E-state index contributed by atoms with van der Waals surface area (Å²) in [6.07, 6.45) is -0.157. The van der Waals surface area contributed by atoms with E-state index in [1.54, 1.807) is 0 Å². The van der Waals surface area contributed by atoms with Crippen molar-refractivity contribution in [2.24, 2.45) is 0 Å². The molecule has 9 heteroatoms. The topological polar surface area (TPSA) is 122 Å². The van der Waals surface area contributed by atoms with Crippen molar-refractivity contribution in [3.63, 3.8) is 0 Å². The van der Waals surface area contributed by atoms with Crippen molar-refractivity contribution in [1.82, 2.24) is 0 Å². The zero-order valence-corrected chi connectivity index (χ0v) is 14.9. The van der Waals surface area contributed by atoms with Gasteiger partial charge in [-0.3, -0.25) is 24.5 Å². The molecule has 0 aromatic heterocycles. The summed E-state index contributed by atoms with van der Waals surface area (Å²) in [6.45, 7) is 0. The van der Waals surface area contributed by atoms with Crippen molar-refractivity contribution in [3.8, 4) is 0 Å². The Hall–Kier alpha value is -2.97.